The maximum Gasteiger partial charge on any atom is 0.147 e. The second-order valence-corrected chi connectivity index (χ2v) is 5.95. The third-order valence-corrected chi connectivity index (χ3v) is 4.33. The molecule has 2 atom stereocenters. The van der Waals surface area contributed by atoms with Crippen LogP contribution in [0, 0.1) is 5.82 Å². The summed E-state index contributed by atoms with van der Waals surface area (Å²) in [5, 5.41) is 14.4. The molecule has 1 fully saturated rings. The third-order valence-electron chi connectivity index (χ3n) is 4.03. The molecule has 2 N–H and O–H groups in total. The van der Waals surface area contributed by atoms with Crippen LogP contribution in [-0.4, -0.2) is 44.6 Å². The van der Waals surface area contributed by atoms with Gasteiger partial charge >= 0.3 is 0 Å². The van der Waals surface area contributed by atoms with Gasteiger partial charge in [-0.1, -0.05) is 23.7 Å². The van der Waals surface area contributed by atoms with Crippen molar-refractivity contribution in [3.05, 3.63) is 34.6 Å². The average Bonchev–Trinajstić information content (AvgIpc) is 2.55. The Morgan fingerprint density at radius 2 is 2.32 bits per heavy atom. The van der Waals surface area contributed by atoms with Gasteiger partial charge in [0.2, 0.25) is 0 Å². The van der Waals surface area contributed by atoms with Crippen LogP contribution in [0.5, 0.6) is 0 Å². The van der Waals surface area contributed by atoms with E-state index in [0.717, 1.165) is 13.0 Å². The Morgan fingerprint density at radius 3 is 3.00 bits per heavy atom. The molecular weight excluding hydrogens is 309 g/mol. The standard InChI is InChI=1S/C16H23ClFNO3/c1-21-9-3-2-7-16(20,14-11-19-8-10-22-14)12-5-4-6-13(17)15(12)18/h4-6,14,19-20H,2-3,7-11H2,1H3/t14?,16-/m1/s1. The van der Waals surface area contributed by atoms with Gasteiger partial charge in [0.1, 0.15) is 17.5 Å². The Labute approximate surface area is 135 Å². The van der Waals surface area contributed by atoms with E-state index in [4.69, 9.17) is 21.1 Å². The van der Waals surface area contributed by atoms with Crippen LogP contribution in [0.15, 0.2) is 18.2 Å². The first-order valence-electron chi connectivity index (χ1n) is 7.57. The zero-order valence-corrected chi connectivity index (χ0v) is 13.5. The first-order valence-corrected chi connectivity index (χ1v) is 7.95. The van der Waals surface area contributed by atoms with Gasteiger partial charge in [0.25, 0.3) is 0 Å². The maximum atomic E-state index is 14.4. The summed E-state index contributed by atoms with van der Waals surface area (Å²) in [6.45, 7) is 2.31. The van der Waals surface area contributed by atoms with Crippen LogP contribution in [0.1, 0.15) is 24.8 Å². The third kappa shape index (κ3) is 3.97. The summed E-state index contributed by atoms with van der Waals surface area (Å²) >= 11 is 5.88. The number of rotatable bonds is 7. The molecule has 1 unspecified atom stereocenters. The fourth-order valence-electron chi connectivity index (χ4n) is 2.82. The molecule has 1 aromatic carbocycles. The fraction of sp³-hybridized carbons (Fsp3) is 0.625. The SMILES string of the molecule is COCCCC[C@@](O)(c1cccc(Cl)c1F)C1CNCCO1. The quantitative estimate of drug-likeness (QED) is 0.754. The summed E-state index contributed by atoms with van der Waals surface area (Å²) < 4.78 is 25.2. The van der Waals surface area contributed by atoms with E-state index in [1.165, 1.54) is 6.07 Å². The van der Waals surface area contributed by atoms with E-state index in [-0.39, 0.29) is 10.6 Å². The van der Waals surface area contributed by atoms with Gasteiger partial charge in [-0.25, -0.2) is 4.39 Å². The van der Waals surface area contributed by atoms with Crippen molar-refractivity contribution in [1.82, 2.24) is 5.32 Å². The lowest BCUT2D eigenvalue weighted by Gasteiger charge is -2.39. The number of ether oxygens (including phenoxy) is 2. The molecule has 1 heterocycles. The summed E-state index contributed by atoms with van der Waals surface area (Å²) in [5.41, 5.74) is -1.21. The monoisotopic (exact) mass is 331 g/mol. The first kappa shape index (κ1) is 17.6. The molecule has 4 nitrogen and oxygen atoms in total. The van der Waals surface area contributed by atoms with Crippen molar-refractivity contribution in [2.24, 2.45) is 0 Å². The van der Waals surface area contributed by atoms with E-state index in [1.807, 2.05) is 0 Å². The smallest absolute Gasteiger partial charge is 0.147 e. The van der Waals surface area contributed by atoms with Crippen molar-refractivity contribution in [2.45, 2.75) is 31.0 Å². The van der Waals surface area contributed by atoms with Crippen molar-refractivity contribution in [3.8, 4) is 0 Å². The lowest BCUT2D eigenvalue weighted by molar-refractivity contribution is -0.131. The van der Waals surface area contributed by atoms with Gasteiger partial charge in [-0.05, 0) is 25.3 Å². The maximum absolute atomic E-state index is 14.4. The van der Waals surface area contributed by atoms with E-state index < -0.39 is 17.5 Å². The van der Waals surface area contributed by atoms with Crippen LogP contribution in [0.3, 0.4) is 0 Å². The first-order chi connectivity index (χ1) is 10.6. The summed E-state index contributed by atoms with van der Waals surface area (Å²) in [4.78, 5) is 0. The molecular formula is C16H23ClFNO3. The number of morpholine rings is 1. The number of halogens is 2. The number of nitrogens with one attached hydrogen (secondary N) is 1. The molecule has 124 valence electrons. The van der Waals surface area contributed by atoms with Gasteiger partial charge in [-0.2, -0.15) is 0 Å². The summed E-state index contributed by atoms with van der Waals surface area (Å²) in [6, 6.07) is 4.71. The number of aliphatic hydroxyl groups is 1. The zero-order valence-electron chi connectivity index (χ0n) is 12.8. The molecule has 0 spiro atoms. The lowest BCUT2D eigenvalue weighted by Crippen LogP contribution is -2.51. The highest BCUT2D eigenvalue weighted by Crippen LogP contribution is 2.36. The van der Waals surface area contributed by atoms with Gasteiger partial charge in [-0.15, -0.1) is 0 Å². The highest BCUT2D eigenvalue weighted by molar-refractivity contribution is 6.30. The van der Waals surface area contributed by atoms with Crippen LogP contribution >= 0.6 is 11.6 Å². The number of hydrogen-bond acceptors (Lipinski definition) is 4. The van der Waals surface area contributed by atoms with Crippen molar-refractivity contribution >= 4 is 11.6 Å². The average molecular weight is 332 g/mol. The molecule has 0 amide bonds. The molecule has 0 saturated carbocycles. The van der Waals surface area contributed by atoms with Gasteiger partial charge in [0, 0.05) is 32.4 Å². The van der Waals surface area contributed by atoms with Crippen molar-refractivity contribution < 1.29 is 19.0 Å². The second kappa shape index (κ2) is 8.22. The van der Waals surface area contributed by atoms with E-state index >= 15 is 0 Å². The Morgan fingerprint density at radius 1 is 1.50 bits per heavy atom. The Balaban J connectivity index is 2.25. The van der Waals surface area contributed by atoms with Crippen molar-refractivity contribution in [3.63, 3.8) is 0 Å². The van der Waals surface area contributed by atoms with E-state index in [0.29, 0.717) is 32.6 Å². The number of benzene rings is 1. The highest BCUT2D eigenvalue weighted by atomic mass is 35.5. The Bertz CT molecular complexity index is 482. The Kier molecular flexibility index (Phi) is 6.59. The van der Waals surface area contributed by atoms with Crippen LogP contribution in [0.4, 0.5) is 4.39 Å². The molecule has 0 radical (unpaired) electrons. The molecule has 22 heavy (non-hydrogen) atoms. The molecule has 6 heteroatoms. The predicted octanol–water partition coefficient (Wildman–Crippen LogP) is 2.47. The minimum absolute atomic E-state index is 0.0107. The highest BCUT2D eigenvalue weighted by Gasteiger charge is 2.42. The molecule has 1 aliphatic heterocycles. The molecule has 2 rings (SSSR count). The van der Waals surface area contributed by atoms with Crippen LogP contribution in [-0.2, 0) is 15.1 Å². The zero-order chi connectivity index (χ0) is 16.0. The fourth-order valence-corrected chi connectivity index (χ4v) is 2.99. The largest absolute Gasteiger partial charge is 0.385 e. The Hall–Kier alpha value is -0.720. The normalized spacial score (nSPS) is 21.5. The van der Waals surface area contributed by atoms with Gasteiger partial charge in [0.15, 0.2) is 0 Å². The van der Waals surface area contributed by atoms with Crippen LogP contribution in [0.25, 0.3) is 0 Å². The van der Waals surface area contributed by atoms with Crippen molar-refractivity contribution in [1.29, 1.82) is 0 Å². The number of unbranched alkanes of at least 4 members (excludes halogenated alkanes) is 1. The summed E-state index contributed by atoms with van der Waals surface area (Å²) in [7, 11) is 1.64. The lowest BCUT2D eigenvalue weighted by atomic mass is 9.82. The van der Waals surface area contributed by atoms with Gasteiger partial charge < -0.3 is 19.9 Å². The summed E-state index contributed by atoms with van der Waals surface area (Å²) in [6.07, 6.45) is 1.38. The van der Waals surface area contributed by atoms with Crippen LogP contribution in [0.2, 0.25) is 5.02 Å². The second-order valence-electron chi connectivity index (χ2n) is 5.54. The number of methoxy groups -OCH3 is 1. The van der Waals surface area contributed by atoms with E-state index in [1.54, 1.807) is 19.2 Å². The van der Waals surface area contributed by atoms with Gasteiger partial charge in [0.05, 0.1) is 11.6 Å². The van der Waals surface area contributed by atoms with Crippen LogP contribution < -0.4 is 5.32 Å². The predicted molar refractivity (Wildman–Crippen MR) is 83.6 cm³/mol. The minimum Gasteiger partial charge on any atom is -0.385 e. The van der Waals surface area contributed by atoms with Gasteiger partial charge in [-0.3, -0.25) is 0 Å². The summed E-state index contributed by atoms with van der Waals surface area (Å²) in [5.74, 6) is -0.576. The topological polar surface area (TPSA) is 50.7 Å². The molecule has 0 bridgehead atoms. The molecule has 0 aliphatic carbocycles. The van der Waals surface area contributed by atoms with E-state index in [2.05, 4.69) is 5.32 Å². The molecule has 0 aromatic heterocycles. The van der Waals surface area contributed by atoms with Crippen molar-refractivity contribution in [2.75, 3.05) is 33.4 Å². The van der Waals surface area contributed by atoms with E-state index in [9.17, 15) is 9.50 Å². The molecule has 1 aliphatic rings. The minimum atomic E-state index is -1.41. The number of hydrogen-bond donors (Lipinski definition) is 2. The molecule has 1 saturated heterocycles. The molecule has 1 aromatic rings.